The molecule has 7 nitrogen and oxygen atoms in total. The van der Waals surface area contributed by atoms with E-state index in [9.17, 15) is 18.0 Å². The summed E-state index contributed by atoms with van der Waals surface area (Å²) in [5, 5.41) is 2.99. The lowest BCUT2D eigenvalue weighted by atomic mass is 10.0. The molecular formula is C37H42FN3O4S. The van der Waals surface area contributed by atoms with Crippen molar-refractivity contribution in [1.82, 2.24) is 10.2 Å². The summed E-state index contributed by atoms with van der Waals surface area (Å²) < 4.78 is 44.7. The number of amides is 2. The predicted molar refractivity (Wildman–Crippen MR) is 180 cm³/mol. The molecule has 4 rings (SSSR count). The molecule has 0 saturated heterocycles. The van der Waals surface area contributed by atoms with Crippen molar-refractivity contribution in [3.63, 3.8) is 0 Å². The molecule has 242 valence electrons. The van der Waals surface area contributed by atoms with Crippen molar-refractivity contribution in [2.75, 3.05) is 10.8 Å². The highest BCUT2D eigenvalue weighted by Crippen LogP contribution is 2.29. The van der Waals surface area contributed by atoms with Gasteiger partial charge in [-0.25, -0.2) is 12.8 Å². The number of nitrogens with zero attached hydrogens (tertiary/aromatic N) is 2. The third-order valence-electron chi connectivity index (χ3n) is 8.30. The van der Waals surface area contributed by atoms with Crippen LogP contribution in [-0.4, -0.2) is 43.8 Å². The van der Waals surface area contributed by atoms with Gasteiger partial charge in [0.2, 0.25) is 11.8 Å². The van der Waals surface area contributed by atoms with Gasteiger partial charge in [0.25, 0.3) is 10.0 Å². The van der Waals surface area contributed by atoms with Crippen LogP contribution in [0, 0.1) is 26.6 Å². The highest BCUT2D eigenvalue weighted by molar-refractivity contribution is 7.92. The molecule has 0 fully saturated rings. The zero-order valence-corrected chi connectivity index (χ0v) is 27.9. The molecule has 0 bridgehead atoms. The summed E-state index contributed by atoms with van der Waals surface area (Å²) in [6, 6.07) is 25.8. The second kappa shape index (κ2) is 15.2. The lowest BCUT2D eigenvalue weighted by Gasteiger charge is -2.34. The first-order valence-corrected chi connectivity index (χ1v) is 16.9. The van der Waals surface area contributed by atoms with E-state index in [1.165, 1.54) is 23.1 Å². The molecule has 0 aliphatic heterocycles. The van der Waals surface area contributed by atoms with E-state index >= 15 is 4.39 Å². The van der Waals surface area contributed by atoms with Crippen LogP contribution in [-0.2, 0) is 32.6 Å². The van der Waals surface area contributed by atoms with Crippen LogP contribution in [0.1, 0.15) is 48.1 Å². The number of sulfonamides is 1. The number of hydrogen-bond acceptors (Lipinski definition) is 4. The Kier molecular flexibility index (Phi) is 11.4. The molecule has 0 spiro atoms. The molecule has 2 amide bonds. The zero-order chi connectivity index (χ0) is 33.4. The second-order valence-corrected chi connectivity index (χ2v) is 13.5. The Balaban J connectivity index is 1.85. The summed E-state index contributed by atoms with van der Waals surface area (Å²) in [6.45, 7) is 8.52. The van der Waals surface area contributed by atoms with E-state index in [0.29, 0.717) is 17.7 Å². The van der Waals surface area contributed by atoms with E-state index in [2.05, 4.69) is 5.32 Å². The number of halogens is 1. The van der Waals surface area contributed by atoms with E-state index < -0.39 is 40.2 Å². The SMILES string of the molecule is CC[C@H](C)NC(=O)[C@@H](Cc1ccccc1)N(Cc1ccccc1F)C(=O)CN(c1cccc(C)c1C)S(=O)(=O)c1ccc(C)cc1. The maximum absolute atomic E-state index is 15.1. The quantitative estimate of drug-likeness (QED) is 0.180. The molecule has 4 aromatic rings. The molecule has 2 atom stereocenters. The Hall–Kier alpha value is -4.50. The van der Waals surface area contributed by atoms with Crippen molar-refractivity contribution in [3.8, 4) is 0 Å². The lowest BCUT2D eigenvalue weighted by molar-refractivity contribution is -0.140. The number of aryl methyl sites for hydroxylation is 2. The fraction of sp³-hybridized carbons (Fsp3) is 0.297. The smallest absolute Gasteiger partial charge is 0.264 e. The molecule has 0 radical (unpaired) electrons. The van der Waals surface area contributed by atoms with Gasteiger partial charge in [0.05, 0.1) is 10.6 Å². The van der Waals surface area contributed by atoms with Gasteiger partial charge in [-0.15, -0.1) is 0 Å². The predicted octanol–water partition coefficient (Wildman–Crippen LogP) is 6.50. The average Bonchev–Trinajstić information content (AvgIpc) is 3.04. The summed E-state index contributed by atoms with van der Waals surface area (Å²) in [6.07, 6.45) is 0.817. The summed E-state index contributed by atoms with van der Waals surface area (Å²) in [5.74, 6) is -1.57. The van der Waals surface area contributed by atoms with E-state index in [1.54, 1.807) is 42.5 Å². The highest BCUT2D eigenvalue weighted by Gasteiger charge is 2.35. The van der Waals surface area contributed by atoms with Gasteiger partial charge in [0.1, 0.15) is 18.4 Å². The summed E-state index contributed by atoms with van der Waals surface area (Å²) >= 11 is 0. The van der Waals surface area contributed by atoms with Crippen LogP contribution >= 0.6 is 0 Å². The molecule has 0 unspecified atom stereocenters. The highest BCUT2D eigenvalue weighted by atomic mass is 32.2. The van der Waals surface area contributed by atoms with Gasteiger partial charge in [-0.1, -0.05) is 85.3 Å². The Morgan fingerprint density at radius 3 is 2.15 bits per heavy atom. The molecule has 0 aliphatic carbocycles. The first kappa shape index (κ1) is 34.4. The van der Waals surface area contributed by atoms with Gasteiger partial charge >= 0.3 is 0 Å². The van der Waals surface area contributed by atoms with Crippen molar-refractivity contribution in [1.29, 1.82) is 0 Å². The van der Waals surface area contributed by atoms with Crippen LogP contribution in [0.3, 0.4) is 0 Å². The van der Waals surface area contributed by atoms with E-state index in [1.807, 2.05) is 71.0 Å². The van der Waals surface area contributed by atoms with Gasteiger partial charge in [0, 0.05) is 24.6 Å². The van der Waals surface area contributed by atoms with E-state index in [4.69, 9.17) is 0 Å². The summed E-state index contributed by atoms with van der Waals surface area (Å²) in [5.41, 5.74) is 3.81. The van der Waals surface area contributed by atoms with Crippen LogP contribution in [0.25, 0.3) is 0 Å². The standard InChI is InChI=1S/C37H42FN3O4S/c1-6-28(4)39-37(43)35(23-30-14-8-7-9-15-30)40(24-31-16-10-11-17-33(31)38)36(42)25-41(34-18-12-13-27(3)29(34)5)46(44,45)32-21-19-26(2)20-22-32/h7-22,28,35H,6,23-25H2,1-5H3,(H,39,43)/t28-,35+/m0/s1. The molecule has 4 aromatic carbocycles. The summed E-state index contributed by atoms with van der Waals surface area (Å²) in [4.78, 5) is 29.8. The van der Waals surface area contributed by atoms with Gasteiger partial charge in [-0.05, 0) is 75.1 Å². The van der Waals surface area contributed by atoms with E-state index in [-0.39, 0.29) is 29.5 Å². The fourth-order valence-electron chi connectivity index (χ4n) is 5.16. The Morgan fingerprint density at radius 1 is 0.848 bits per heavy atom. The number of benzene rings is 4. The minimum Gasteiger partial charge on any atom is -0.352 e. The third kappa shape index (κ3) is 8.20. The number of hydrogen-bond donors (Lipinski definition) is 1. The average molecular weight is 644 g/mol. The maximum Gasteiger partial charge on any atom is 0.264 e. The molecule has 46 heavy (non-hydrogen) atoms. The minimum absolute atomic E-state index is 0.0304. The van der Waals surface area contributed by atoms with Crippen molar-refractivity contribution in [2.45, 2.75) is 71.0 Å². The summed E-state index contributed by atoms with van der Waals surface area (Å²) in [7, 11) is -4.24. The molecule has 0 heterocycles. The number of carbonyl (C=O) groups is 2. The largest absolute Gasteiger partial charge is 0.352 e. The van der Waals surface area contributed by atoms with Crippen molar-refractivity contribution < 1.29 is 22.4 Å². The molecule has 0 aromatic heterocycles. The van der Waals surface area contributed by atoms with Crippen LogP contribution in [0.5, 0.6) is 0 Å². The normalized spacial score (nSPS) is 12.7. The maximum atomic E-state index is 15.1. The van der Waals surface area contributed by atoms with Crippen LogP contribution in [0.15, 0.2) is 102 Å². The monoisotopic (exact) mass is 643 g/mol. The van der Waals surface area contributed by atoms with Gasteiger partial charge in [-0.2, -0.15) is 0 Å². The van der Waals surface area contributed by atoms with Crippen LogP contribution < -0.4 is 9.62 Å². The Labute approximate surface area is 272 Å². The van der Waals surface area contributed by atoms with Crippen LogP contribution in [0.4, 0.5) is 10.1 Å². The minimum atomic E-state index is -4.24. The van der Waals surface area contributed by atoms with Crippen molar-refractivity contribution in [2.24, 2.45) is 0 Å². The number of nitrogens with one attached hydrogen (secondary N) is 1. The second-order valence-electron chi connectivity index (χ2n) is 11.7. The lowest BCUT2D eigenvalue weighted by Crippen LogP contribution is -2.54. The first-order chi connectivity index (χ1) is 21.9. The fourth-order valence-corrected chi connectivity index (χ4v) is 6.63. The Bertz CT molecular complexity index is 1760. The topological polar surface area (TPSA) is 86.8 Å². The zero-order valence-electron chi connectivity index (χ0n) is 27.0. The molecule has 0 aliphatic rings. The van der Waals surface area contributed by atoms with Crippen LogP contribution in [0.2, 0.25) is 0 Å². The molecule has 0 saturated carbocycles. The van der Waals surface area contributed by atoms with Gasteiger partial charge in [-0.3, -0.25) is 13.9 Å². The van der Waals surface area contributed by atoms with Gasteiger partial charge < -0.3 is 10.2 Å². The van der Waals surface area contributed by atoms with E-state index in [0.717, 1.165) is 21.0 Å². The van der Waals surface area contributed by atoms with Gasteiger partial charge in [0.15, 0.2) is 0 Å². The molecule has 1 N–H and O–H groups in total. The number of anilines is 1. The molecular weight excluding hydrogens is 601 g/mol. The van der Waals surface area contributed by atoms with Crippen molar-refractivity contribution in [3.05, 3.63) is 131 Å². The number of carbonyl (C=O) groups excluding carboxylic acids is 2. The third-order valence-corrected chi connectivity index (χ3v) is 10.1. The first-order valence-electron chi connectivity index (χ1n) is 15.4. The van der Waals surface area contributed by atoms with Crippen molar-refractivity contribution >= 4 is 27.5 Å². The number of rotatable bonds is 13. The Morgan fingerprint density at radius 2 is 1.50 bits per heavy atom. The molecule has 9 heteroatoms.